The molecule has 2 N–H and O–H groups in total. The molecular formula is C40H39N5O6. The first-order valence-corrected chi connectivity index (χ1v) is 16.8. The van der Waals surface area contributed by atoms with E-state index in [2.05, 4.69) is 15.0 Å². The normalized spacial score (nSPS) is 20.7. The predicted molar refractivity (Wildman–Crippen MR) is 190 cm³/mol. The van der Waals surface area contributed by atoms with Gasteiger partial charge in [0.25, 0.3) is 0 Å². The molecule has 0 bridgehead atoms. The first-order chi connectivity index (χ1) is 25.1. The summed E-state index contributed by atoms with van der Waals surface area (Å²) in [7, 11) is 0. The third-order valence-corrected chi connectivity index (χ3v) is 8.69. The van der Waals surface area contributed by atoms with Gasteiger partial charge in [-0.05, 0) is 22.3 Å². The van der Waals surface area contributed by atoms with Gasteiger partial charge in [0.1, 0.15) is 36.3 Å². The number of benzene rings is 4. The quantitative estimate of drug-likeness (QED) is 0.149. The Bertz CT molecular complexity index is 1980. The molecule has 0 spiro atoms. The molecule has 1 aliphatic rings. The molecule has 5 atom stereocenters. The first kappa shape index (κ1) is 34.2. The number of nitrogen functional groups attached to an aromatic ring is 1. The van der Waals surface area contributed by atoms with Crippen LogP contribution in [0.15, 0.2) is 134 Å². The van der Waals surface area contributed by atoms with Crippen molar-refractivity contribution in [1.29, 1.82) is 0 Å². The fourth-order valence-corrected chi connectivity index (χ4v) is 6.10. The van der Waals surface area contributed by atoms with E-state index < -0.39 is 30.6 Å². The number of nitrogens with zero attached hydrogens (tertiary/aromatic N) is 4. The van der Waals surface area contributed by atoms with Gasteiger partial charge in [-0.15, -0.1) is 0 Å². The van der Waals surface area contributed by atoms with Crippen LogP contribution in [0, 0.1) is 0 Å². The molecule has 1 aliphatic heterocycles. The Hall–Kier alpha value is -5.30. The SMILES string of the molecule is Nc1ncnc2c1ncn2[C@@H]1O[C@H](COCc2ccccc2)[C@H](OCc2ccccc2)[C@H](OCc2ccccc2)[C@@H](OCc2ccccc2)C1=O. The fraction of sp³-hybridized carbons (Fsp3) is 0.250. The zero-order valence-electron chi connectivity index (χ0n) is 27.9. The summed E-state index contributed by atoms with van der Waals surface area (Å²) < 4.78 is 34.7. The minimum atomic E-state index is -1.23. The van der Waals surface area contributed by atoms with Crippen LogP contribution in [0.3, 0.4) is 0 Å². The zero-order valence-corrected chi connectivity index (χ0v) is 27.9. The minimum absolute atomic E-state index is 0.0818. The van der Waals surface area contributed by atoms with Crippen molar-refractivity contribution in [1.82, 2.24) is 19.5 Å². The van der Waals surface area contributed by atoms with E-state index in [0.29, 0.717) is 17.8 Å². The number of hydrogen-bond acceptors (Lipinski definition) is 10. The summed E-state index contributed by atoms with van der Waals surface area (Å²) in [5.41, 5.74) is 10.6. The third kappa shape index (κ3) is 8.37. The van der Waals surface area contributed by atoms with Gasteiger partial charge in [-0.3, -0.25) is 9.36 Å². The van der Waals surface area contributed by atoms with Gasteiger partial charge in [-0.1, -0.05) is 121 Å². The number of carbonyl (C=O) groups is 1. The fourth-order valence-electron chi connectivity index (χ4n) is 6.10. The molecule has 51 heavy (non-hydrogen) atoms. The molecule has 260 valence electrons. The molecule has 1 fully saturated rings. The van der Waals surface area contributed by atoms with Gasteiger partial charge in [0.2, 0.25) is 5.78 Å². The van der Waals surface area contributed by atoms with Crippen LogP contribution < -0.4 is 5.73 Å². The average molecular weight is 686 g/mol. The number of carbonyl (C=O) groups excluding carboxylic acids is 1. The Morgan fingerprint density at radius 2 is 1.14 bits per heavy atom. The van der Waals surface area contributed by atoms with Crippen LogP contribution in [-0.2, 0) is 54.9 Å². The van der Waals surface area contributed by atoms with E-state index in [9.17, 15) is 4.79 Å². The Kier molecular flexibility index (Phi) is 11.1. The van der Waals surface area contributed by atoms with Gasteiger partial charge >= 0.3 is 0 Å². The van der Waals surface area contributed by atoms with E-state index in [0.717, 1.165) is 22.3 Å². The van der Waals surface area contributed by atoms with E-state index in [1.54, 1.807) is 4.57 Å². The molecule has 11 nitrogen and oxygen atoms in total. The average Bonchev–Trinajstić information content (AvgIpc) is 3.58. The number of Topliss-reactive ketones (excluding diaryl/α,β-unsaturated/α-hetero) is 1. The number of aromatic nitrogens is 4. The van der Waals surface area contributed by atoms with Gasteiger partial charge in [-0.25, -0.2) is 15.0 Å². The summed E-state index contributed by atoms with van der Waals surface area (Å²) in [6, 6.07) is 39.1. The van der Waals surface area contributed by atoms with Crippen LogP contribution >= 0.6 is 0 Å². The van der Waals surface area contributed by atoms with Crippen molar-refractivity contribution < 1.29 is 28.5 Å². The second kappa shape index (κ2) is 16.6. The minimum Gasteiger partial charge on any atom is -0.382 e. The lowest BCUT2D eigenvalue weighted by molar-refractivity contribution is -0.184. The van der Waals surface area contributed by atoms with Crippen molar-refractivity contribution in [3.05, 3.63) is 156 Å². The van der Waals surface area contributed by atoms with Crippen molar-refractivity contribution in [2.45, 2.75) is 57.1 Å². The van der Waals surface area contributed by atoms with E-state index in [-0.39, 0.29) is 38.0 Å². The highest BCUT2D eigenvalue weighted by molar-refractivity contribution is 5.89. The maximum atomic E-state index is 14.9. The van der Waals surface area contributed by atoms with Crippen LogP contribution in [0.25, 0.3) is 11.2 Å². The van der Waals surface area contributed by atoms with Crippen molar-refractivity contribution in [2.75, 3.05) is 12.3 Å². The second-order valence-corrected chi connectivity index (χ2v) is 12.3. The van der Waals surface area contributed by atoms with Gasteiger partial charge in [-0.2, -0.15) is 0 Å². The highest BCUT2D eigenvalue weighted by Gasteiger charge is 2.49. The Balaban J connectivity index is 1.29. The molecule has 7 rings (SSSR count). The van der Waals surface area contributed by atoms with E-state index in [1.807, 2.05) is 121 Å². The lowest BCUT2D eigenvalue weighted by atomic mass is 10.00. The molecular weight excluding hydrogens is 646 g/mol. The molecule has 11 heteroatoms. The lowest BCUT2D eigenvalue weighted by Gasteiger charge is -2.33. The molecule has 1 saturated heterocycles. The van der Waals surface area contributed by atoms with Gasteiger partial charge in [0.15, 0.2) is 17.7 Å². The summed E-state index contributed by atoms with van der Waals surface area (Å²) in [6.07, 6.45) is -2.06. The summed E-state index contributed by atoms with van der Waals surface area (Å²) >= 11 is 0. The largest absolute Gasteiger partial charge is 0.382 e. The summed E-state index contributed by atoms with van der Waals surface area (Å²) in [4.78, 5) is 27.9. The van der Waals surface area contributed by atoms with E-state index in [4.69, 9.17) is 29.4 Å². The molecule has 0 amide bonds. The van der Waals surface area contributed by atoms with Crippen LogP contribution in [-0.4, -0.2) is 56.3 Å². The molecule has 3 heterocycles. The summed E-state index contributed by atoms with van der Waals surface area (Å²) in [5.74, 6) is -0.202. The van der Waals surface area contributed by atoms with Crippen molar-refractivity contribution in [3.63, 3.8) is 0 Å². The topological polar surface area (TPSA) is 133 Å². The van der Waals surface area contributed by atoms with Crippen molar-refractivity contribution in [2.24, 2.45) is 0 Å². The highest BCUT2D eigenvalue weighted by atomic mass is 16.6. The number of nitrogens with two attached hydrogens (primary N) is 1. The van der Waals surface area contributed by atoms with Gasteiger partial charge < -0.3 is 29.4 Å². The standard InChI is InChI=1S/C40H39N5O6/c41-38-33-39(43-26-42-38)45(27-44-33)40-34(46)36(49-23-30-17-9-3-10-18-30)37(50-24-31-19-11-4-12-20-31)35(48-22-29-15-7-2-8-16-29)32(51-40)25-47-21-28-13-5-1-6-14-28/h1-20,26-27,32,35-37,40H,21-25H2,(H2,41,42,43)/t32-,35+,36+,37+,40-/m1/s1. The smallest absolute Gasteiger partial charge is 0.213 e. The van der Waals surface area contributed by atoms with Crippen LogP contribution in [0.2, 0.25) is 0 Å². The monoisotopic (exact) mass is 685 g/mol. The molecule has 0 saturated carbocycles. The number of ether oxygens (including phenoxy) is 5. The van der Waals surface area contributed by atoms with Crippen molar-refractivity contribution in [3.8, 4) is 0 Å². The lowest BCUT2D eigenvalue weighted by Crippen LogP contribution is -2.50. The number of ketones is 1. The Morgan fingerprint density at radius 1 is 0.627 bits per heavy atom. The molecule has 0 radical (unpaired) electrons. The third-order valence-electron chi connectivity index (χ3n) is 8.69. The Labute approximate surface area is 295 Å². The van der Waals surface area contributed by atoms with Gasteiger partial charge in [0, 0.05) is 0 Å². The number of anilines is 1. The molecule has 6 aromatic rings. The predicted octanol–water partition coefficient (Wildman–Crippen LogP) is 5.85. The molecule has 0 unspecified atom stereocenters. The second-order valence-electron chi connectivity index (χ2n) is 12.3. The Morgan fingerprint density at radius 3 is 1.71 bits per heavy atom. The summed E-state index contributed by atoms with van der Waals surface area (Å²) in [5, 5.41) is 0. The van der Waals surface area contributed by atoms with Gasteiger partial charge in [0.05, 0.1) is 39.4 Å². The highest BCUT2D eigenvalue weighted by Crippen LogP contribution is 2.33. The van der Waals surface area contributed by atoms with Crippen LogP contribution in [0.1, 0.15) is 28.5 Å². The van der Waals surface area contributed by atoms with Crippen LogP contribution in [0.4, 0.5) is 5.82 Å². The first-order valence-electron chi connectivity index (χ1n) is 16.8. The maximum Gasteiger partial charge on any atom is 0.213 e. The summed E-state index contributed by atoms with van der Waals surface area (Å²) in [6.45, 7) is 0.993. The van der Waals surface area contributed by atoms with E-state index >= 15 is 0 Å². The molecule has 4 aromatic carbocycles. The number of rotatable bonds is 14. The molecule has 0 aliphatic carbocycles. The molecule has 2 aromatic heterocycles. The van der Waals surface area contributed by atoms with Crippen molar-refractivity contribution >= 4 is 22.8 Å². The number of imidazole rings is 1. The zero-order chi connectivity index (χ0) is 34.8. The number of fused-ring (bicyclic) bond motifs is 1. The van der Waals surface area contributed by atoms with E-state index in [1.165, 1.54) is 12.7 Å². The van der Waals surface area contributed by atoms with Crippen LogP contribution in [0.5, 0.6) is 0 Å². The maximum absolute atomic E-state index is 14.9. The number of hydrogen-bond donors (Lipinski definition) is 1.